The van der Waals surface area contributed by atoms with Crippen LogP contribution < -0.4 is 4.74 Å². The second-order valence-corrected chi connectivity index (χ2v) is 6.72. The van der Waals surface area contributed by atoms with Gasteiger partial charge in [-0.15, -0.1) is 0 Å². The zero-order chi connectivity index (χ0) is 16.4. The van der Waals surface area contributed by atoms with E-state index in [0.717, 1.165) is 22.9 Å². The molecule has 124 valence electrons. The van der Waals surface area contributed by atoms with Gasteiger partial charge in [-0.2, -0.15) is 5.10 Å². The molecule has 0 spiro atoms. The van der Waals surface area contributed by atoms with Crippen molar-refractivity contribution in [3.05, 3.63) is 40.4 Å². The van der Waals surface area contributed by atoms with E-state index in [4.69, 9.17) is 17.0 Å². The largest absolute Gasteiger partial charge is 0.492 e. The molecule has 1 aromatic carbocycles. The first-order valence-electron chi connectivity index (χ1n) is 8.06. The maximum atomic E-state index is 5.80. The Balaban J connectivity index is 1.52. The number of hydrogen-bond donors (Lipinski definition) is 0. The molecule has 0 unspecified atom stereocenters. The van der Waals surface area contributed by atoms with E-state index in [9.17, 15) is 0 Å². The van der Waals surface area contributed by atoms with E-state index >= 15 is 0 Å². The van der Waals surface area contributed by atoms with Crippen LogP contribution in [0.5, 0.6) is 5.75 Å². The zero-order valence-corrected chi connectivity index (χ0v) is 14.8. The van der Waals surface area contributed by atoms with Gasteiger partial charge in [0.1, 0.15) is 18.2 Å². The molecule has 5 nitrogen and oxygen atoms in total. The molecule has 23 heavy (non-hydrogen) atoms. The van der Waals surface area contributed by atoms with Crippen molar-refractivity contribution in [1.82, 2.24) is 19.2 Å². The lowest BCUT2D eigenvalue weighted by atomic mass is 10.2. The highest BCUT2D eigenvalue weighted by atomic mass is 32.1. The Morgan fingerprint density at radius 3 is 2.87 bits per heavy atom. The van der Waals surface area contributed by atoms with E-state index in [2.05, 4.69) is 36.1 Å². The molecule has 3 rings (SSSR count). The number of likely N-dealkylation sites (N-methyl/N-ethyl adjacent to an activating group) is 1. The van der Waals surface area contributed by atoms with E-state index < -0.39 is 0 Å². The fourth-order valence-corrected chi connectivity index (χ4v) is 2.81. The van der Waals surface area contributed by atoms with Gasteiger partial charge < -0.3 is 9.30 Å². The van der Waals surface area contributed by atoms with Gasteiger partial charge in [0.2, 0.25) is 0 Å². The van der Waals surface area contributed by atoms with E-state index in [-0.39, 0.29) is 0 Å². The number of aromatic nitrogens is 3. The molecular formula is C17H24N4OS. The normalized spacial score (nSPS) is 14.4. The van der Waals surface area contributed by atoms with Gasteiger partial charge in [-0.1, -0.05) is 12.1 Å². The summed E-state index contributed by atoms with van der Waals surface area (Å²) in [5, 5.41) is 4.68. The highest BCUT2D eigenvalue weighted by molar-refractivity contribution is 7.71. The summed E-state index contributed by atoms with van der Waals surface area (Å²) < 4.78 is 10.5. The molecule has 0 aliphatic heterocycles. The standard InChI is InChI=1S/C17H24N4OS/c1-13-5-4-6-15(11-13)22-10-9-19(2)12-21-17(23)20(3)16(18-21)14-7-8-14/h4-6,11,14H,7-10,12H2,1-3H3. The summed E-state index contributed by atoms with van der Waals surface area (Å²) in [4.78, 5) is 2.18. The molecule has 0 atom stereocenters. The van der Waals surface area contributed by atoms with Gasteiger partial charge in [-0.25, -0.2) is 4.68 Å². The third-order valence-corrected chi connectivity index (χ3v) is 4.61. The van der Waals surface area contributed by atoms with Gasteiger partial charge in [0.15, 0.2) is 4.77 Å². The Hall–Kier alpha value is -1.66. The van der Waals surface area contributed by atoms with Crippen LogP contribution in [0.25, 0.3) is 0 Å². The van der Waals surface area contributed by atoms with Crippen molar-refractivity contribution in [3.8, 4) is 5.75 Å². The van der Waals surface area contributed by atoms with Crippen molar-refractivity contribution in [2.75, 3.05) is 20.2 Å². The van der Waals surface area contributed by atoms with Crippen LogP contribution in [0.3, 0.4) is 0 Å². The highest BCUT2D eigenvalue weighted by Crippen LogP contribution is 2.38. The van der Waals surface area contributed by atoms with Crippen molar-refractivity contribution in [2.45, 2.75) is 32.4 Å². The highest BCUT2D eigenvalue weighted by Gasteiger charge is 2.29. The van der Waals surface area contributed by atoms with Crippen LogP contribution in [-0.4, -0.2) is 39.4 Å². The third kappa shape index (κ3) is 4.00. The molecule has 2 aromatic rings. The van der Waals surface area contributed by atoms with Crippen LogP contribution in [-0.2, 0) is 13.7 Å². The minimum absolute atomic E-state index is 0.609. The Bertz CT molecular complexity index is 732. The van der Waals surface area contributed by atoms with Crippen LogP contribution in [0.15, 0.2) is 24.3 Å². The lowest BCUT2D eigenvalue weighted by Crippen LogP contribution is -2.27. The van der Waals surface area contributed by atoms with Crippen LogP contribution in [0.2, 0.25) is 0 Å². The lowest BCUT2D eigenvalue weighted by molar-refractivity contribution is 0.197. The average molecular weight is 332 g/mol. The number of rotatable bonds is 7. The van der Waals surface area contributed by atoms with Crippen molar-refractivity contribution in [3.63, 3.8) is 0 Å². The molecule has 6 heteroatoms. The molecule has 1 aliphatic rings. The van der Waals surface area contributed by atoms with E-state index in [1.54, 1.807) is 0 Å². The summed E-state index contributed by atoms with van der Waals surface area (Å²) in [6.45, 7) is 4.23. The summed E-state index contributed by atoms with van der Waals surface area (Å²) in [5.74, 6) is 2.65. The quantitative estimate of drug-likeness (QED) is 0.730. The molecule has 1 aliphatic carbocycles. The van der Waals surface area contributed by atoms with Crippen molar-refractivity contribution in [1.29, 1.82) is 0 Å². The van der Waals surface area contributed by atoms with Gasteiger partial charge >= 0.3 is 0 Å². The second-order valence-electron chi connectivity index (χ2n) is 6.36. The molecule has 1 heterocycles. The van der Waals surface area contributed by atoms with Crippen LogP contribution >= 0.6 is 12.2 Å². The maximum absolute atomic E-state index is 5.80. The SMILES string of the molecule is Cc1cccc(OCCN(C)Cn2nc(C3CC3)n(C)c2=S)c1. The molecular weight excluding hydrogens is 308 g/mol. The Morgan fingerprint density at radius 1 is 1.39 bits per heavy atom. The van der Waals surface area contributed by atoms with E-state index in [1.165, 1.54) is 18.4 Å². The molecule has 0 bridgehead atoms. The van der Waals surface area contributed by atoms with Gasteiger partial charge in [0, 0.05) is 19.5 Å². The van der Waals surface area contributed by atoms with Crippen LogP contribution in [0.1, 0.15) is 30.1 Å². The van der Waals surface area contributed by atoms with Gasteiger partial charge in [-0.3, -0.25) is 4.90 Å². The van der Waals surface area contributed by atoms with Gasteiger partial charge in [-0.05, 0) is 56.7 Å². The van der Waals surface area contributed by atoms with Crippen LogP contribution in [0, 0.1) is 11.7 Å². The summed E-state index contributed by atoms with van der Waals surface area (Å²) in [7, 11) is 4.08. The molecule has 1 saturated carbocycles. The van der Waals surface area contributed by atoms with E-state index in [1.807, 2.05) is 28.4 Å². The topological polar surface area (TPSA) is 35.2 Å². The molecule has 0 N–H and O–H groups in total. The molecule has 1 fully saturated rings. The zero-order valence-electron chi connectivity index (χ0n) is 14.0. The number of ether oxygens (including phenoxy) is 1. The maximum Gasteiger partial charge on any atom is 0.198 e. The minimum Gasteiger partial charge on any atom is -0.492 e. The Morgan fingerprint density at radius 2 is 2.17 bits per heavy atom. The fraction of sp³-hybridized carbons (Fsp3) is 0.529. The molecule has 0 radical (unpaired) electrons. The molecule has 0 amide bonds. The lowest BCUT2D eigenvalue weighted by Gasteiger charge is -2.16. The molecule has 0 saturated heterocycles. The number of nitrogens with zero attached hydrogens (tertiary/aromatic N) is 4. The monoisotopic (exact) mass is 332 g/mol. The molecule has 1 aromatic heterocycles. The first kappa shape index (κ1) is 16.2. The minimum atomic E-state index is 0.609. The number of benzene rings is 1. The predicted molar refractivity (Wildman–Crippen MR) is 93.3 cm³/mol. The fourth-order valence-electron chi connectivity index (χ4n) is 2.62. The van der Waals surface area contributed by atoms with E-state index in [0.29, 0.717) is 19.2 Å². The third-order valence-electron chi connectivity index (χ3n) is 4.12. The summed E-state index contributed by atoms with van der Waals surface area (Å²) in [6, 6.07) is 8.13. The Labute approximate surface area is 142 Å². The van der Waals surface area contributed by atoms with Crippen molar-refractivity contribution in [2.24, 2.45) is 7.05 Å². The number of aryl methyl sites for hydroxylation is 1. The van der Waals surface area contributed by atoms with Crippen molar-refractivity contribution >= 4 is 12.2 Å². The average Bonchev–Trinajstić information content (AvgIpc) is 3.31. The van der Waals surface area contributed by atoms with Crippen LogP contribution in [0.4, 0.5) is 0 Å². The summed E-state index contributed by atoms with van der Waals surface area (Å²) in [5.41, 5.74) is 1.21. The summed E-state index contributed by atoms with van der Waals surface area (Å²) in [6.07, 6.45) is 2.47. The van der Waals surface area contributed by atoms with Crippen molar-refractivity contribution < 1.29 is 4.74 Å². The smallest absolute Gasteiger partial charge is 0.198 e. The second kappa shape index (κ2) is 6.84. The number of hydrogen-bond acceptors (Lipinski definition) is 4. The predicted octanol–water partition coefficient (Wildman–Crippen LogP) is 3.11. The summed E-state index contributed by atoms with van der Waals surface area (Å²) >= 11 is 5.49. The van der Waals surface area contributed by atoms with Gasteiger partial charge in [0.25, 0.3) is 0 Å². The first-order valence-corrected chi connectivity index (χ1v) is 8.47. The Kier molecular flexibility index (Phi) is 4.82. The first-order chi connectivity index (χ1) is 11.0. The van der Waals surface area contributed by atoms with Gasteiger partial charge in [0.05, 0.1) is 6.67 Å².